The van der Waals surface area contributed by atoms with E-state index < -0.39 is 8.96 Å². The van der Waals surface area contributed by atoms with Crippen molar-refractivity contribution in [1.29, 1.82) is 0 Å². The van der Waals surface area contributed by atoms with Crippen molar-refractivity contribution in [3.8, 4) is 0 Å². The fourth-order valence-corrected chi connectivity index (χ4v) is 2.87. The number of hydrogen-bond acceptors (Lipinski definition) is 3. The molecule has 0 atom stereocenters. The average Bonchev–Trinajstić information content (AvgIpc) is 2.59. The zero-order valence-electron chi connectivity index (χ0n) is 11.4. The molecule has 0 aliphatic heterocycles. The molecule has 0 bridgehead atoms. The zero-order valence-corrected chi connectivity index (χ0v) is 13.3. The van der Waals surface area contributed by atoms with Crippen molar-refractivity contribution in [3.63, 3.8) is 0 Å². The van der Waals surface area contributed by atoms with Crippen molar-refractivity contribution in [2.75, 3.05) is 4.98 Å². The molecule has 4 nitrogen and oxygen atoms in total. The average molecular weight is 283 g/mol. The highest BCUT2D eigenvalue weighted by molar-refractivity contribution is 6.60. The number of aromatic amines is 1. The molecule has 0 amide bonds. The lowest BCUT2D eigenvalue weighted by atomic mass is 9.96. The van der Waals surface area contributed by atoms with Crippen LogP contribution >= 0.6 is 11.6 Å². The molecular formula is C12H19ClN4Si. The Labute approximate surface area is 114 Å². The first-order valence-corrected chi connectivity index (χ1v) is 9.37. The first-order valence-electron chi connectivity index (χ1n) is 6.10. The zero-order chi connectivity index (χ0) is 13.5. The van der Waals surface area contributed by atoms with Gasteiger partial charge in [0.1, 0.15) is 25.6 Å². The van der Waals surface area contributed by atoms with Gasteiger partial charge in [0, 0.05) is 11.6 Å². The molecule has 0 spiro atoms. The molecule has 0 unspecified atom stereocenters. The Morgan fingerprint density at radius 2 is 1.94 bits per heavy atom. The van der Waals surface area contributed by atoms with E-state index in [1.54, 1.807) is 0 Å². The number of H-pyrrole nitrogens is 1. The van der Waals surface area contributed by atoms with Crippen LogP contribution in [-0.2, 0) is 5.41 Å². The van der Waals surface area contributed by atoms with Crippen LogP contribution in [0.1, 0.15) is 26.6 Å². The fraction of sp³-hybridized carbons (Fsp3) is 0.500. The topological polar surface area (TPSA) is 53.6 Å². The monoisotopic (exact) mass is 282 g/mol. The van der Waals surface area contributed by atoms with E-state index in [4.69, 9.17) is 11.6 Å². The largest absolute Gasteiger partial charge is 0.411 e. The van der Waals surface area contributed by atoms with Gasteiger partial charge in [-0.3, -0.25) is 0 Å². The Morgan fingerprint density at radius 1 is 1.28 bits per heavy atom. The van der Waals surface area contributed by atoms with E-state index in [2.05, 4.69) is 53.8 Å². The number of anilines is 1. The van der Waals surface area contributed by atoms with E-state index in [-0.39, 0.29) is 5.41 Å². The van der Waals surface area contributed by atoms with Crippen LogP contribution < -0.4 is 4.98 Å². The smallest absolute Gasteiger partial charge is 0.144 e. The molecular weight excluding hydrogens is 264 g/mol. The van der Waals surface area contributed by atoms with E-state index in [1.165, 1.54) is 0 Å². The van der Waals surface area contributed by atoms with Crippen LogP contribution in [0.4, 0.5) is 5.69 Å². The summed E-state index contributed by atoms with van der Waals surface area (Å²) in [5, 5.41) is 1.41. The number of aromatic nitrogens is 3. The van der Waals surface area contributed by atoms with E-state index in [0.29, 0.717) is 5.15 Å². The van der Waals surface area contributed by atoms with Crippen molar-refractivity contribution < 1.29 is 0 Å². The van der Waals surface area contributed by atoms with Crippen molar-refractivity contribution in [3.05, 3.63) is 17.2 Å². The number of halogens is 1. The third-order valence-corrected chi connectivity index (χ3v) is 3.76. The highest BCUT2D eigenvalue weighted by atomic mass is 35.5. The van der Waals surface area contributed by atoms with Crippen LogP contribution in [0.5, 0.6) is 0 Å². The molecule has 0 saturated carbocycles. The van der Waals surface area contributed by atoms with Gasteiger partial charge >= 0.3 is 0 Å². The fourth-order valence-electron chi connectivity index (χ4n) is 1.75. The Morgan fingerprint density at radius 3 is 2.50 bits per heavy atom. The summed E-state index contributed by atoms with van der Waals surface area (Å²) in [5.41, 5.74) is 1.71. The Balaban J connectivity index is 2.57. The maximum Gasteiger partial charge on any atom is 0.144 e. The highest BCUT2D eigenvalue weighted by Gasteiger charge is 2.21. The lowest BCUT2D eigenvalue weighted by molar-refractivity contribution is 0.548. The number of fused-ring (bicyclic) bond motifs is 1. The van der Waals surface area contributed by atoms with Gasteiger partial charge in [0.25, 0.3) is 0 Å². The molecule has 18 heavy (non-hydrogen) atoms. The Kier molecular flexibility index (Phi) is 3.38. The Bertz CT molecular complexity index is 571. The van der Waals surface area contributed by atoms with E-state index >= 15 is 0 Å². The summed E-state index contributed by atoms with van der Waals surface area (Å²) in [6.07, 6.45) is 1.92. The van der Waals surface area contributed by atoms with Crippen LogP contribution in [0, 0.1) is 0 Å². The van der Waals surface area contributed by atoms with Gasteiger partial charge in [-0.1, -0.05) is 45.5 Å². The molecule has 2 rings (SSSR count). The highest BCUT2D eigenvalue weighted by Crippen LogP contribution is 2.30. The van der Waals surface area contributed by atoms with Gasteiger partial charge in [0.2, 0.25) is 0 Å². The van der Waals surface area contributed by atoms with Crippen LogP contribution in [0.25, 0.3) is 11.0 Å². The molecule has 2 aromatic heterocycles. The molecule has 2 aromatic rings. The van der Waals surface area contributed by atoms with Gasteiger partial charge in [-0.15, -0.1) is 0 Å². The van der Waals surface area contributed by atoms with Gasteiger partial charge in [-0.05, 0) is 0 Å². The second-order valence-electron chi connectivity index (χ2n) is 5.81. The summed E-state index contributed by atoms with van der Waals surface area (Å²) in [7, 11) is -0.921. The minimum Gasteiger partial charge on any atom is -0.411 e. The first-order chi connectivity index (χ1) is 8.29. The van der Waals surface area contributed by atoms with Gasteiger partial charge < -0.3 is 9.97 Å². The normalized spacial score (nSPS) is 12.4. The quantitative estimate of drug-likeness (QED) is 0.656. The molecule has 2 heterocycles. The molecule has 98 valence electrons. The molecule has 0 saturated heterocycles. The van der Waals surface area contributed by atoms with Crippen LogP contribution in [-0.4, -0.2) is 23.9 Å². The van der Waals surface area contributed by atoms with Crippen molar-refractivity contribution in [2.24, 2.45) is 0 Å². The summed E-state index contributed by atoms with van der Waals surface area (Å²) in [5.74, 6) is 0.759. The van der Waals surface area contributed by atoms with Crippen LogP contribution in [0.2, 0.25) is 18.2 Å². The number of rotatable bonds is 2. The number of nitrogens with zero attached hydrogens (tertiary/aromatic N) is 2. The number of nitrogens with one attached hydrogen (secondary N) is 2. The van der Waals surface area contributed by atoms with Gasteiger partial charge in [0.15, 0.2) is 0 Å². The lowest BCUT2D eigenvalue weighted by Gasteiger charge is -2.16. The maximum atomic E-state index is 6.30. The number of hydrogen-bond donors (Lipinski definition) is 2. The third-order valence-electron chi connectivity index (χ3n) is 2.60. The third kappa shape index (κ3) is 2.52. The maximum absolute atomic E-state index is 6.30. The summed E-state index contributed by atoms with van der Waals surface area (Å²) in [6.45, 7) is 10.7. The van der Waals surface area contributed by atoms with Gasteiger partial charge in [-0.2, -0.15) is 0 Å². The second kappa shape index (κ2) is 4.55. The van der Waals surface area contributed by atoms with E-state index in [9.17, 15) is 0 Å². The standard InChI is InChI=1S/C12H19ClN4Si/c1-12(2,3)11-15-9(13)8-7(17-18(4)5)6-14-10(8)16-11/h6,17-18H,1-5H3,(H,14,15,16). The second-order valence-corrected chi connectivity index (χ2v) is 8.77. The minimum atomic E-state index is -0.921. The predicted molar refractivity (Wildman–Crippen MR) is 80.1 cm³/mol. The molecule has 0 aromatic carbocycles. The molecule has 6 heteroatoms. The summed E-state index contributed by atoms with van der Waals surface area (Å²) >= 11 is 6.30. The molecule has 0 aliphatic rings. The van der Waals surface area contributed by atoms with Gasteiger partial charge in [0.05, 0.1) is 11.1 Å². The summed E-state index contributed by atoms with van der Waals surface area (Å²) in [4.78, 5) is 15.6. The first kappa shape index (κ1) is 13.4. The summed E-state index contributed by atoms with van der Waals surface area (Å²) in [6, 6.07) is 0. The van der Waals surface area contributed by atoms with Gasteiger partial charge in [-0.25, -0.2) is 9.97 Å². The predicted octanol–water partition coefficient (Wildman–Crippen LogP) is 3.30. The van der Waals surface area contributed by atoms with Crippen molar-refractivity contribution in [1.82, 2.24) is 15.0 Å². The SMILES string of the molecule is C[SiH](C)Nc1c[nH]c2nc(C(C)(C)C)nc(Cl)c12. The van der Waals surface area contributed by atoms with Crippen molar-refractivity contribution >= 4 is 37.3 Å². The molecule has 2 N–H and O–H groups in total. The molecule has 0 fully saturated rings. The molecule has 0 radical (unpaired) electrons. The Hall–Kier alpha value is -1.07. The molecule has 0 aliphatic carbocycles. The van der Waals surface area contributed by atoms with E-state index in [1.807, 2.05) is 6.20 Å². The minimum absolute atomic E-state index is 0.108. The van der Waals surface area contributed by atoms with Crippen molar-refractivity contribution in [2.45, 2.75) is 39.3 Å². The lowest BCUT2D eigenvalue weighted by Crippen LogP contribution is -2.17. The summed E-state index contributed by atoms with van der Waals surface area (Å²) < 4.78 is 0. The van der Waals surface area contributed by atoms with Crippen LogP contribution in [0.15, 0.2) is 6.20 Å². The van der Waals surface area contributed by atoms with Crippen LogP contribution in [0.3, 0.4) is 0 Å². The van der Waals surface area contributed by atoms with E-state index in [0.717, 1.165) is 22.5 Å².